The predicted molar refractivity (Wildman–Crippen MR) is 104 cm³/mol. The second kappa shape index (κ2) is 7.22. The first-order valence-corrected chi connectivity index (χ1v) is 9.40. The number of hydrogen-bond acceptors (Lipinski definition) is 5. The van der Waals surface area contributed by atoms with Crippen LogP contribution in [-0.4, -0.2) is 38.3 Å². The molecule has 11 heteroatoms. The first kappa shape index (κ1) is 20.0. The molecule has 0 atom stereocenters. The van der Waals surface area contributed by atoms with E-state index in [0.29, 0.717) is 37.5 Å². The SMILES string of the molecule is Cn1c(=O)c2nc(N3CCC(Oc4ccccc4C(F)(F)F)CC3)[nH]c2n(C)c1=O. The van der Waals surface area contributed by atoms with E-state index in [1.807, 2.05) is 4.90 Å². The van der Waals surface area contributed by atoms with Crippen molar-refractivity contribution in [2.75, 3.05) is 18.0 Å². The van der Waals surface area contributed by atoms with Gasteiger partial charge in [-0.15, -0.1) is 0 Å². The van der Waals surface area contributed by atoms with Crippen molar-refractivity contribution in [2.24, 2.45) is 14.1 Å². The second-order valence-electron chi connectivity index (χ2n) is 7.26. The number of aromatic nitrogens is 4. The van der Waals surface area contributed by atoms with Crippen molar-refractivity contribution in [1.82, 2.24) is 19.1 Å². The van der Waals surface area contributed by atoms with Crippen LogP contribution in [0.1, 0.15) is 18.4 Å². The van der Waals surface area contributed by atoms with Crippen molar-refractivity contribution in [2.45, 2.75) is 25.1 Å². The first-order valence-electron chi connectivity index (χ1n) is 9.40. The fraction of sp³-hybridized carbons (Fsp3) is 0.421. The van der Waals surface area contributed by atoms with E-state index in [-0.39, 0.29) is 17.4 Å². The molecule has 1 N–H and O–H groups in total. The van der Waals surface area contributed by atoms with Crippen molar-refractivity contribution in [3.8, 4) is 5.75 Å². The minimum atomic E-state index is -4.48. The quantitative estimate of drug-likeness (QED) is 0.697. The molecule has 0 amide bonds. The minimum Gasteiger partial charge on any atom is -0.490 e. The van der Waals surface area contributed by atoms with E-state index in [1.165, 1.54) is 29.8 Å². The van der Waals surface area contributed by atoms with Crippen LogP contribution < -0.4 is 20.9 Å². The van der Waals surface area contributed by atoms with Crippen LogP contribution in [-0.2, 0) is 20.3 Å². The van der Waals surface area contributed by atoms with Gasteiger partial charge < -0.3 is 14.6 Å². The van der Waals surface area contributed by atoms with Gasteiger partial charge in [0.05, 0.1) is 5.56 Å². The lowest BCUT2D eigenvalue weighted by Gasteiger charge is -2.32. The molecular formula is C19H20F3N5O3. The molecule has 4 rings (SSSR count). The van der Waals surface area contributed by atoms with Gasteiger partial charge in [0.2, 0.25) is 5.95 Å². The summed E-state index contributed by atoms with van der Waals surface area (Å²) in [5.41, 5.74) is -1.25. The third-order valence-corrected chi connectivity index (χ3v) is 5.32. The van der Waals surface area contributed by atoms with Gasteiger partial charge in [-0.25, -0.2) is 9.78 Å². The number of anilines is 1. The van der Waals surface area contributed by atoms with E-state index in [1.54, 1.807) is 7.05 Å². The number of alkyl halides is 3. The maximum absolute atomic E-state index is 13.2. The highest BCUT2D eigenvalue weighted by molar-refractivity contribution is 5.73. The number of rotatable bonds is 3. The Morgan fingerprint density at radius 2 is 1.77 bits per heavy atom. The third-order valence-electron chi connectivity index (χ3n) is 5.32. The van der Waals surface area contributed by atoms with E-state index >= 15 is 0 Å². The van der Waals surface area contributed by atoms with Gasteiger partial charge in [0, 0.05) is 40.0 Å². The molecule has 0 radical (unpaired) electrons. The molecule has 1 saturated heterocycles. The Morgan fingerprint density at radius 3 is 2.43 bits per heavy atom. The zero-order valence-corrected chi connectivity index (χ0v) is 16.4. The zero-order chi connectivity index (χ0) is 21.6. The van der Waals surface area contributed by atoms with E-state index in [4.69, 9.17) is 4.74 Å². The van der Waals surface area contributed by atoms with Crippen molar-refractivity contribution in [1.29, 1.82) is 0 Å². The summed E-state index contributed by atoms with van der Waals surface area (Å²) in [5.74, 6) is 0.267. The number of piperidine rings is 1. The second-order valence-corrected chi connectivity index (χ2v) is 7.26. The maximum Gasteiger partial charge on any atom is 0.419 e. The molecule has 3 heterocycles. The van der Waals surface area contributed by atoms with Gasteiger partial charge in [-0.05, 0) is 12.1 Å². The maximum atomic E-state index is 13.2. The average Bonchev–Trinajstić information content (AvgIpc) is 3.16. The molecule has 1 fully saturated rings. The highest BCUT2D eigenvalue weighted by atomic mass is 19.4. The molecule has 3 aromatic rings. The number of hydrogen-bond donors (Lipinski definition) is 1. The molecule has 0 unspecified atom stereocenters. The first-order chi connectivity index (χ1) is 14.2. The molecule has 8 nitrogen and oxygen atoms in total. The van der Waals surface area contributed by atoms with E-state index in [0.717, 1.165) is 10.6 Å². The number of aromatic amines is 1. The van der Waals surface area contributed by atoms with Crippen LogP contribution in [0.5, 0.6) is 5.75 Å². The Labute approximate surface area is 168 Å². The number of nitrogens with one attached hydrogen (secondary N) is 1. The van der Waals surface area contributed by atoms with Crippen LogP contribution in [0.15, 0.2) is 33.9 Å². The van der Waals surface area contributed by atoms with Gasteiger partial charge in [-0.2, -0.15) is 13.2 Å². The van der Waals surface area contributed by atoms with Gasteiger partial charge in [0.25, 0.3) is 5.56 Å². The molecule has 0 aliphatic carbocycles. The van der Waals surface area contributed by atoms with Crippen LogP contribution in [0, 0.1) is 0 Å². The van der Waals surface area contributed by atoms with E-state index in [2.05, 4.69) is 9.97 Å². The number of benzene rings is 1. The summed E-state index contributed by atoms with van der Waals surface area (Å²) in [4.78, 5) is 33.6. The monoisotopic (exact) mass is 423 g/mol. The number of nitrogens with zero attached hydrogens (tertiary/aromatic N) is 4. The standard InChI is InChI=1S/C19H20F3N5O3/c1-25-15-14(16(28)26(2)18(25)29)23-17(24-15)27-9-7-11(8-10-27)30-13-6-4-3-5-12(13)19(20,21)22/h3-6,11H,7-10H2,1-2H3,(H,23,24). The summed E-state index contributed by atoms with van der Waals surface area (Å²) < 4.78 is 47.4. The summed E-state index contributed by atoms with van der Waals surface area (Å²) in [6.07, 6.45) is -3.88. The van der Waals surface area contributed by atoms with Gasteiger partial charge in [-0.3, -0.25) is 13.9 Å². The Kier molecular flexibility index (Phi) is 4.83. The van der Waals surface area contributed by atoms with Gasteiger partial charge in [-0.1, -0.05) is 12.1 Å². The fourth-order valence-electron chi connectivity index (χ4n) is 3.63. The highest BCUT2D eigenvalue weighted by Gasteiger charge is 2.35. The summed E-state index contributed by atoms with van der Waals surface area (Å²) in [6, 6.07) is 5.17. The van der Waals surface area contributed by atoms with Gasteiger partial charge >= 0.3 is 11.9 Å². The number of ether oxygens (including phenoxy) is 1. The molecule has 30 heavy (non-hydrogen) atoms. The lowest BCUT2D eigenvalue weighted by Crippen LogP contribution is -2.39. The van der Waals surface area contributed by atoms with Crippen molar-refractivity contribution < 1.29 is 17.9 Å². The van der Waals surface area contributed by atoms with Crippen LogP contribution in [0.4, 0.5) is 19.1 Å². The average molecular weight is 423 g/mol. The largest absolute Gasteiger partial charge is 0.490 e. The molecule has 0 spiro atoms. The normalized spacial score (nSPS) is 15.7. The molecule has 1 aliphatic rings. The summed E-state index contributed by atoms with van der Waals surface area (Å²) >= 11 is 0. The van der Waals surface area contributed by atoms with Crippen LogP contribution in [0.2, 0.25) is 0 Å². The lowest BCUT2D eigenvalue weighted by atomic mass is 10.1. The molecule has 0 saturated carbocycles. The number of para-hydroxylation sites is 1. The van der Waals surface area contributed by atoms with Gasteiger partial charge in [0.1, 0.15) is 17.5 Å². The van der Waals surface area contributed by atoms with Gasteiger partial charge in [0.15, 0.2) is 5.52 Å². The smallest absolute Gasteiger partial charge is 0.419 e. The molecular weight excluding hydrogens is 403 g/mol. The minimum absolute atomic E-state index is 0.159. The fourth-order valence-corrected chi connectivity index (χ4v) is 3.63. The number of H-pyrrole nitrogens is 1. The highest BCUT2D eigenvalue weighted by Crippen LogP contribution is 2.37. The zero-order valence-electron chi connectivity index (χ0n) is 16.4. The predicted octanol–water partition coefficient (Wildman–Crippen LogP) is 2.03. The Hall–Kier alpha value is -3.24. The molecule has 1 aliphatic heterocycles. The van der Waals surface area contributed by atoms with Crippen LogP contribution in [0.25, 0.3) is 11.2 Å². The number of imidazole rings is 1. The lowest BCUT2D eigenvalue weighted by molar-refractivity contribution is -0.139. The van der Waals surface area contributed by atoms with E-state index in [9.17, 15) is 22.8 Å². The number of fused-ring (bicyclic) bond motifs is 1. The number of halogens is 3. The third kappa shape index (κ3) is 3.44. The summed E-state index contributed by atoms with van der Waals surface area (Å²) in [6.45, 7) is 0.958. The van der Waals surface area contributed by atoms with E-state index < -0.39 is 23.0 Å². The molecule has 0 bridgehead atoms. The Balaban J connectivity index is 1.51. The van der Waals surface area contributed by atoms with Crippen LogP contribution in [0.3, 0.4) is 0 Å². The summed E-state index contributed by atoms with van der Waals surface area (Å²) in [7, 11) is 2.93. The summed E-state index contributed by atoms with van der Waals surface area (Å²) in [5, 5.41) is 0. The topological polar surface area (TPSA) is 85.2 Å². The van der Waals surface area contributed by atoms with Crippen molar-refractivity contribution >= 4 is 17.1 Å². The Morgan fingerprint density at radius 1 is 1.10 bits per heavy atom. The molecule has 160 valence electrons. The van der Waals surface area contributed by atoms with Crippen molar-refractivity contribution in [3.05, 3.63) is 50.7 Å². The molecule has 1 aromatic carbocycles. The van der Waals surface area contributed by atoms with Crippen LogP contribution >= 0.6 is 0 Å². The van der Waals surface area contributed by atoms with Crippen molar-refractivity contribution in [3.63, 3.8) is 0 Å². The number of aryl methyl sites for hydroxylation is 1. The molecule has 2 aromatic heterocycles. The Bertz CT molecular complexity index is 1200.